The number of furan rings is 1. The van der Waals surface area contributed by atoms with Crippen molar-refractivity contribution in [1.29, 1.82) is 0 Å². The minimum atomic E-state index is -5.07. The van der Waals surface area contributed by atoms with Crippen molar-refractivity contribution in [2.24, 2.45) is 0 Å². The Bertz CT molecular complexity index is 1630. The molecule has 1 aromatic heterocycles. The van der Waals surface area contributed by atoms with E-state index in [0.717, 1.165) is 38.2 Å². The van der Waals surface area contributed by atoms with Crippen molar-refractivity contribution >= 4 is 35.0 Å². The van der Waals surface area contributed by atoms with Crippen LogP contribution in [0.1, 0.15) is 56.9 Å². The Kier molecular flexibility index (Phi) is 10.3. The summed E-state index contributed by atoms with van der Waals surface area (Å²) in [6.07, 6.45) is -6.57. The highest BCUT2D eigenvalue weighted by Crippen LogP contribution is 2.37. The summed E-state index contributed by atoms with van der Waals surface area (Å²) in [5.41, 5.74) is -2.99. The van der Waals surface area contributed by atoms with Gasteiger partial charge in [0.25, 0.3) is 11.8 Å². The van der Waals surface area contributed by atoms with Gasteiger partial charge in [-0.25, -0.2) is 0 Å². The summed E-state index contributed by atoms with van der Waals surface area (Å²) in [5, 5.41) is 0.627. The second kappa shape index (κ2) is 14.2. The monoisotopic (exact) mass is 730 g/mol. The number of amides is 2. The maximum absolute atomic E-state index is 13.8. The Morgan fingerprint density at radius 3 is 1.98 bits per heavy atom. The zero-order valence-electron chi connectivity index (χ0n) is 26.2. The summed E-state index contributed by atoms with van der Waals surface area (Å²) in [4.78, 5) is 34.5. The number of halogens is 8. The van der Waals surface area contributed by atoms with E-state index in [0.29, 0.717) is 53.9 Å². The zero-order chi connectivity index (χ0) is 35.1. The van der Waals surface area contributed by atoms with Crippen LogP contribution in [0.15, 0.2) is 59.2 Å². The molecule has 264 valence electrons. The van der Waals surface area contributed by atoms with Crippen LogP contribution in [0.5, 0.6) is 0 Å². The quantitative estimate of drug-likeness (QED) is 0.248. The van der Waals surface area contributed by atoms with Crippen LogP contribution in [-0.2, 0) is 18.8 Å². The van der Waals surface area contributed by atoms with Crippen molar-refractivity contribution in [1.82, 2.24) is 19.6 Å². The van der Waals surface area contributed by atoms with E-state index in [1.807, 2.05) is 0 Å². The van der Waals surface area contributed by atoms with Crippen molar-refractivity contribution in [2.75, 3.05) is 45.8 Å². The smallest absolute Gasteiger partial charge is 0.416 e. The van der Waals surface area contributed by atoms with Crippen molar-refractivity contribution < 1.29 is 40.3 Å². The van der Waals surface area contributed by atoms with Crippen molar-refractivity contribution in [3.63, 3.8) is 0 Å². The van der Waals surface area contributed by atoms with E-state index in [2.05, 4.69) is 9.80 Å². The number of benzene rings is 2. The zero-order valence-corrected chi connectivity index (χ0v) is 27.8. The highest BCUT2D eigenvalue weighted by atomic mass is 35.5. The van der Waals surface area contributed by atoms with Crippen LogP contribution >= 0.6 is 23.2 Å². The van der Waals surface area contributed by atoms with Gasteiger partial charge in [-0.1, -0.05) is 29.3 Å². The van der Waals surface area contributed by atoms with Gasteiger partial charge < -0.3 is 14.2 Å². The second-order valence-electron chi connectivity index (χ2n) is 12.8. The number of piperazine rings is 1. The summed E-state index contributed by atoms with van der Waals surface area (Å²) in [6, 6.07) is 9.08. The predicted octanol–water partition coefficient (Wildman–Crippen LogP) is 7.37. The van der Waals surface area contributed by atoms with Gasteiger partial charge in [0.2, 0.25) is 0 Å². The van der Waals surface area contributed by atoms with Crippen LogP contribution in [0.3, 0.4) is 0 Å². The minimum Gasteiger partial charge on any atom is -0.459 e. The average molecular weight is 732 g/mol. The molecule has 3 aromatic rings. The van der Waals surface area contributed by atoms with Gasteiger partial charge in [0.05, 0.1) is 27.4 Å². The Balaban J connectivity index is 1.16. The van der Waals surface area contributed by atoms with Gasteiger partial charge >= 0.3 is 12.4 Å². The Hall–Kier alpha value is -3.26. The average Bonchev–Trinajstić information content (AvgIpc) is 3.79. The van der Waals surface area contributed by atoms with Crippen LogP contribution in [-0.4, -0.2) is 95.4 Å². The number of hydrogen-bond donors (Lipinski definition) is 0. The summed E-state index contributed by atoms with van der Waals surface area (Å²) in [6.45, 7) is 4.43. The van der Waals surface area contributed by atoms with Crippen LogP contribution < -0.4 is 0 Å². The highest BCUT2D eigenvalue weighted by Gasteiger charge is 2.41. The fraction of sp³-hybridized carbons (Fsp3) is 0.471. The summed E-state index contributed by atoms with van der Waals surface area (Å²) in [5.74, 6) is -0.695. The highest BCUT2D eigenvalue weighted by molar-refractivity contribution is 6.42. The minimum absolute atomic E-state index is 0.0237. The van der Waals surface area contributed by atoms with Crippen LogP contribution in [0.2, 0.25) is 10.0 Å². The predicted molar refractivity (Wildman–Crippen MR) is 171 cm³/mol. The number of carbonyl (C=O) groups is 2. The number of rotatable bonds is 6. The molecule has 4 heterocycles. The number of hydrogen-bond acceptors (Lipinski definition) is 5. The molecule has 0 bridgehead atoms. The lowest BCUT2D eigenvalue weighted by Crippen LogP contribution is -2.58. The summed E-state index contributed by atoms with van der Waals surface area (Å²) >= 11 is 12.4. The fourth-order valence-electron chi connectivity index (χ4n) is 7.25. The maximum Gasteiger partial charge on any atom is 0.416 e. The van der Waals surface area contributed by atoms with Gasteiger partial charge in [0.15, 0.2) is 5.76 Å². The molecule has 3 saturated heterocycles. The lowest BCUT2D eigenvalue weighted by atomic mass is 9.90. The molecule has 2 unspecified atom stereocenters. The summed E-state index contributed by atoms with van der Waals surface area (Å²) < 4.78 is 87.0. The van der Waals surface area contributed by atoms with E-state index in [1.165, 1.54) is 11.2 Å². The lowest BCUT2D eigenvalue weighted by Gasteiger charge is -2.47. The number of alkyl halides is 6. The van der Waals surface area contributed by atoms with E-state index in [9.17, 15) is 35.9 Å². The number of likely N-dealkylation sites (tertiary alicyclic amines) is 2. The topological polar surface area (TPSA) is 60.2 Å². The van der Waals surface area contributed by atoms with E-state index < -0.39 is 41.0 Å². The molecule has 6 rings (SSSR count). The Morgan fingerprint density at radius 2 is 1.39 bits per heavy atom. The second-order valence-corrected chi connectivity index (χ2v) is 13.6. The normalized spacial score (nSPS) is 22.9. The first kappa shape index (κ1) is 35.6. The number of piperidine rings is 1. The van der Waals surface area contributed by atoms with Gasteiger partial charge in [-0.05, 0) is 73.7 Å². The third-order valence-corrected chi connectivity index (χ3v) is 10.5. The largest absolute Gasteiger partial charge is 0.459 e. The SMILES string of the molecule is O=C(c1ccco1)N1CC[C@@H](N2CCN(C3CCN(C(=O)c4cc(C(F)(F)F)cc(C(F)(F)F)c4)C(Cc4ccc(Cl)c(Cl)c4)C3)CC2)C1. The van der Waals surface area contributed by atoms with Crippen LogP contribution in [0, 0.1) is 0 Å². The first-order valence-electron chi connectivity index (χ1n) is 16.0. The Morgan fingerprint density at radius 1 is 0.755 bits per heavy atom. The van der Waals surface area contributed by atoms with E-state index in [4.69, 9.17) is 27.6 Å². The standard InChI is InChI=1S/C34H34Cl2F6N4O3/c35-28-4-3-21(15-29(28)36)14-27-19-25(6-8-46(27)31(47)22-16-23(33(37,38)39)18-24(17-22)34(40,41)42)43-9-11-44(12-10-43)26-5-7-45(20-26)32(48)30-2-1-13-49-30/h1-4,13,15-18,25-27H,5-12,14,19-20H2/t25?,26-,27?/m1/s1. The number of carbonyl (C=O) groups excluding carboxylic acids is 2. The fourth-order valence-corrected chi connectivity index (χ4v) is 7.57. The maximum atomic E-state index is 13.8. The molecule has 49 heavy (non-hydrogen) atoms. The molecule has 2 aromatic carbocycles. The van der Waals surface area contributed by atoms with Gasteiger partial charge in [0, 0.05) is 69.5 Å². The van der Waals surface area contributed by atoms with Gasteiger partial charge in [-0.15, -0.1) is 0 Å². The first-order valence-corrected chi connectivity index (χ1v) is 16.8. The molecule has 2 amide bonds. The molecule has 0 spiro atoms. The third kappa shape index (κ3) is 8.05. The molecular formula is C34H34Cl2F6N4O3. The van der Waals surface area contributed by atoms with Crippen molar-refractivity contribution in [3.05, 3.63) is 92.9 Å². The first-order chi connectivity index (χ1) is 23.2. The van der Waals surface area contributed by atoms with Crippen LogP contribution in [0.4, 0.5) is 26.3 Å². The molecule has 0 N–H and O–H groups in total. The molecule has 0 aliphatic carbocycles. The molecule has 3 aliphatic rings. The van der Waals surface area contributed by atoms with Crippen molar-refractivity contribution in [2.45, 2.75) is 56.2 Å². The van der Waals surface area contributed by atoms with Gasteiger partial charge in [-0.2, -0.15) is 26.3 Å². The van der Waals surface area contributed by atoms with E-state index in [1.54, 1.807) is 35.2 Å². The molecular weight excluding hydrogens is 697 g/mol. The van der Waals surface area contributed by atoms with Crippen LogP contribution in [0.25, 0.3) is 0 Å². The Labute approximate surface area is 289 Å². The van der Waals surface area contributed by atoms with E-state index in [-0.39, 0.29) is 37.0 Å². The summed E-state index contributed by atoms with van der Waals surface area (Å²) in [7, 11) is 0. The molecule has 0 radical (unpaired) electrons. The molecule has 3 aliphatic heterocycles. The molecule has 3 atom stereocenters. The number of nitrogens with zero attached hydrogens (tertiary/aromatic N) is 4. The molecule has 7 nitrogen and oxygen atoms in total. The molecule has 3 fully saturated rings. The van der Waals surface area contributed by atoms with Gasteiger partial charge in [0.1, 0.15) is 0 Å². The molecule has 15 heteroatoms. The molecule has 0 saturated carbocycles. The van der Waals surface area contributed by atoms with Gasteiger partial charge in [-0.3, -0.25) is 19.4 Å². The van der Waals surface area contributed by atoms with E-state index >= 15 is 0 Å². The lowest BCUT2D eigenvalue weighted by molar-refractivity contribution is -0.143. The third-order valence-electron chi connectivity index (χ3n) is 9.80. The van der Waals surface area contributed by atoms with Crippen molar-refractivity contribution in [3.8, 4) is 0 Å².